The van der Waals surface area contributed by atoms with Crippen LogP contribution in [0.3, 0.4) is 0 Å². The fourth-order valence-electron chi connectivity index (χ4n) is 4.37. The largest absolute Gasteiger partial charge is 0.494 e. The minimum Gasteiger partial charge on any atom is -0.494 e. The molecule has 6 nitrogen and oxygen atoms in total. The van der Waals surface area contributed by atoms with Gasteiger partial charge < -0.3 is 19.7 Å². The van der Waals surface area contributed by atoms with Crippen molar-refractivity contribution in [2.45, 2.75) is 38.4 Å². The molecule has 3 aromatic rings. The summed E-state index contributed by atoms with van der Waals surface area (Å²) in [6.45, 7) is 2.98. The van der Waals surface area contributed by atoms with E-state index in [1.54, 1.807) is 13.2 Å². The Hall–Kier alpha value is -3.12. The molecule has 1 saturated carbocycles. The molecule has 0 radical (unpaired) electrons. The third-order valence-electron chi connectivity index (χ3n) is 6.04. The molecule has 1 aromatic heterocycles. The first kappa shape index (κ1) is 17.9. The Kier molecular flexibility index (Phi) is 3.99. The number of benzene rings is 2. The molecule has 2 heterocycles. The Morgan fingerprint density at radius 2 is 2.03 bits per heavy atom. The maximum Gasteiger partial charge on any atom is 0.341 e. The predicted molar refractivity (Wildman–Crippen MR) is 111 cm³/mol. The van der Waals surface area contributed by atoms with E-state index in [-0.39, 0.29) is 11.6 Å². The summed E-state index contributed by atoms with van der Waals surface area (Å²) in [5.41, 5.74) is 4.50. The molecule has 2 aromatic carbocycles. The number of carboxylic acid groups (broad SMARTS) is 1. The number of ether oxygens (including phenoxy) is 1. The summed E-state index contributed by atoms with van der Waals surface area (Å²) in [6.07, 6.45) is 3.41. The van der Waals surface area contributed by atoms with Gasteiger partial charge in [-0.15, -0.1) is 0 Å². The van der Waals surface area contributed by atoms with E-state index in [2.05, 4.69) is 30.4 Å². The Morgan fingerprint density at radius 1 is 1.24 bits per heavy atom. The number of aromatic carboxylic acids is 1. The monoisotopic (exact) mass is 390 g/mol. The molecular weight excluding hydrogens is 368 g/mol. The standard InChI is InChI=1S/C23H22N2O4/c1-12-16-6-3-13(9-14(16)10-24-12)17-7-8-18-20(22(17)29-2)25(15-4-5-15)11-19(21(18)26)23(27)28/h3,6-9,11-12,15,24H,4-5,10H2,1-2H3,(H,27,28)/t12-/m1/s1. The summed E-state index contributed by atoms with van der Waals surface area (Å²) in [5.74, 6) is -0.586. The lowest BCUT2D eigenvalue weighted by molar-refractivity contribution is 0.0695. The van der Waals surface area contributed by atoms with Crippen molar-refractivity contribution in [2.24, 2.45) is 0 Å². The van der Waals surface area contributed by atoms with Crippen LogP contribution in [0, 0.1) is 0 Å². The lowest BCUT2D eigenvalue weighted by atomic mass is 9.96. The summed E-state index contributed by atoms with van der Waals surface area (Å²) in [5, 5.41) is 13.3. The molecule has 148 valence electrons. The molecule has 1 aliphatic carbocycles. The topological polar surface area (TPSA) is 80.6 Å². The summed E-state index contributed by atoms with van der Waals surface area (Å²) >= 11 is 0. The number of fused-ring (bicyclic) bond motifs is 2. The quantitative estimate of drug-likeness (QED) is 0.707. The zero-order valence-electron chi connectivity index (χ0n) is 16.4. The van der Waals surface area contributed by atoms with Crippen LogP contribution in [-0.2, 0) is 6.54 Å². The van der Waals surface area contributed by atoms with E-state index in [9.17, 15) is 14.7 Å². The van der Waals surface area contributed by atoms with E-state index < -0.39 is 11.4 Å². The van der Waals surface area contributed by atoms with Crippen molar-refractivity contribution in [3.05, 3.63) is 63.4 Å². The van der Waals surface area contributed by atoms with Crippen LogP contribution >= 0.6 is 0 Å². The van der Waals surface area contributed by atoms with E-state index in [0.29, 0.717) is 22.7 Å². The second-order valence-electron chi connectivity index (χ2n) is 7.87. The lowest BCUT2D eigenvalue weighted by Crippen LogP contribution is -2.19. The van der Waals surface area contributed by atoms with Gasteiger partial charge in [-0.25, -0.2) is 4.79 Å². The average Bonchev–Trinajstić information content (AvgIpc) is 3.50. The number of nitrogens with zero attached hydrogens (tertiary/aromatic N) is 1. The van der Waals surface area contributed by atoms with E-state index >= 15 is 0 Å². The Morgan fingerprint density at radius 3 is 2.72 bits per heavy atom. The average molecular weight is 390 g/mol. The van der Waals surface area contributed by atoms with Crippen LogP contribution in [0.2, 0.25) is 0 Å². The van der Waals surface area contributed by atoms with Crippen LogP contribution < -0.4 is 15.5 Å². The molecule has 0 bridgehead atoms. The molecule has 1 aliphatic heterocycles. The minimum absolute atomic E-state index is 0.197. The van der Waals surface area contributed by atoms with Crippen LogP contribution in [0.5, 0.6) is 5.75 Å². The zero-order chi connectivity index (χ0) is 20.3. The molecule has 1 atom stereocenters. The number of rotatable bonds is 4. The molecule has 1 fully saturated rings. The van der Waals surface area contributed by atoms with Crippen molar-refractivity contribution in [3.8, 4) is 16.9 Å². The van der Waals surface area contributed by atoms with Gasteiger partial charge in [0.2, 0.25) is 5.43 Å². The number of carbonyl (C=O) groups is 1. The first-order chi connectivity index (χ1) is 14.0. The highest BCUT2D eigenvalue weighted by Gasteiger charge is 2.29. The van der Waals surface area contributed by atoms with E-state index in [4.69, 9.17) is 4.74 Å². The summed E-state index contributed by atoms with van der Waals surface area (Å²) in [6, 6.07) is 10.5. The number of carboxylic acids is 1. The molecule has 2 N–H and O–H groups in total. The Labute approximate surface area is 167 Å². The van der Waals surface area contributed by atoms with Gasteiger partial charge in [0.1, 0.15) is 5.56 Å². The van der Waals surface area contributed by atoms with Crippen LogP contribution in [0.4, 0.5) is 0 Å². The fourth-order valence-corrected chi connectivity index (χ4v) is 4.37. The second kappa shape index (κ2) is 6.46. The molecule has 29 heavy (non-hydrogen) atoms. The molecule has 0 unspecified atom stereocenters. The van der Waals surface area contributed by atoms with Crippen molar-refractivity contribution in [1.82, 2.24) is 9.88 Å². The van der Waals surface area contributed by atoms with Gasteiger partial charge in [-0.05, 0) is 54.7 Å². The van der Waals surface area contributed by atoms with Gasteiger partial charge in [0.15, 0.2) is 5.75 Å². The van der Waals surface area contributed by atoms with Crippen LogP contribution in [0.1, 0.15) is 53.3 Å². The van der Waals surface area contributed by atoms with Gasteiger partial charge in [0, 0.05) is 30.4 Å². The Bertz CT molecular complexity index is 1220. The third kappa shape index (κ3) is 2.75. The van der Waals surface area contributed by atoms with Crippen LogP contribution in [0.15, 0.2) is 41.3 Å². The van der Waals surface area contributed by atoms with Crippen LogP contribution in [-0.4, -0.2) is 22.8 Å². The highest BCUT2D eigenvalue weighted by atomic mass is 16.5. The summed E-state index contributed by atoms with van der Waals surface area (Å²) < 4.78 is 7.72. The van der Waals surface area contributed by atoms with Crippen molar-refractivity contribution in [2.75, 3.05) is 7.11 Å². The maximum atomic E-state index is 12.8. The molecular formula is C23H22N2O4. The molecule has 0 spiro atoms. The smallest absolute Gasteiger partial charge is 0.341 e. The number of hydrogen-bond donors (Lipinski definition) is 2. The maximum absolute atomic E-state index is 12.8. The summed E-state index contributed by atoms with van der Waals surface area (Å²) in [4.78, 5) is 24.4. The minimum atomic E-state index is -1.20. The van der Waals surface area contributed by atoms with Gasteiger partial charge in [0.05, 0.1) is 18.0 Å². The first-order valence-corrected chi connectivity index (χ1v) is 9.85. The van der Waals surface area contributed by atoms with Gasteiger partial charge in [-0.1, -0.05) is 12.1 Å². The SMILES string of the molecule is COc1c(-c2ccc3c(c2)CN[C@@H]3C)ccc2c(=O)c(C(=O)O)cn(C3CC3)c12. The van der Waals surface area contributed by atoms with E-state index in [1.165, 1.54) is 17.3 Å². The van der Waals surface area contributed by atoms with Crippen molar-refractivity contribution >= 4 is 16.9 Å². The van der Waals surface area contributed by atoms with Gasteiger partial charge in [0.25, 0.3) is 0 Å². The predicted octanol–water partition coefficient (Wildman–Crippen LogP) is 3.87. The number of hydrogen-bond acceptors (Lipinski definition) is 4. The van der Waals surface area contributed by atoms with Crippen molar-refractivity contribution < 1.29 is 14.6 Å². The lowest BCUT2D eigenvalue weighted by Gasteiger charge is -2.18. The third-order valence-corrected chi connectivity index (χ3v) is 6.04. The second-order valence-corrected chi connectivity index (χ2v) is 7.87. The molecule has 0 amide bonds. The van der Waals surface area contributed by atoms with Crippen molar-refractivity contribution in [1.29, 1.82) is 0 Å². The van der Waals surface area contributed by atoms with Gasteiger partial charge in [-0.3, -0.25) is 4.79 Å². The van der Waals surface area contributed by atoms with E-state index in [0.717, 1.165) is 30.5 Å². The highest BCUT2D eigenvalue weighted by molar-refractivity contribution is 5.97. The number of methoxy groups -OCH3 is 1. The highest BCUT2D eigenvalue weighted by Crippen LogP contribution is 2.43. The number of aromatic nitrogens is 1. The molecule has 2 aliphatic rings. The normalized spacial score (nSPS) is 18.1. The first-order valence-electron chi connectivity index (χ1n) is 9.85. The fraction of sp³-hybridized carbons (Fsp3) is 0.304. The van der Waals surface area contributed by atoms with Gasteiger partial charge >= 0.3 is 5.97 Å². The number of pyridine rings is 1. The summed E-state index contributed by atoms with van der Waals surface area (Å²) in [7, 11) is 1.60. The van der Waals surface area contributed by atoms with Crippen molar-refractivity contribution in [3.63, 3.8) is 0 Å². The number of nitrogens with one attached hydrogen (secondary N) is 1. The zero-order valence-corrected chi connectivity index (χ0v) is 16.4. The molecule has 0 saturated heterocycles. The molecule has 5 rings (SSSR count). The van der Waals surface area contributed by atoms with E-state index in [1.807, 2.05) is 10.6 Å². The van der Waals surface area contributed by atoms with Gasteiger partial charge in [-0.2, -0.15) is 0 Å². The van der Waals surface area contributed by atoms with Crippen LogP contribution in [0.25, 0.3) is 22.0 Å². The Balaban J connectivity index is 1.79. The molecule has 6 heteroatoms.